The van der Waals surface area contributed by atoms with Crippen LogP contribution in [-0.2, 0) is 28.9 Å². The van der Waals surface area contributed by atoms with E-state index < -0.39 is 15.7 Å². The number of thiazole rings is 1. The second-order valence-corrected chi connectivity index (χ2v) is 12.5. The summed E-state index contributed by atoms with van der Waals surface area (Å²) in [6.07, 6.45) is 0.775. The number of ether oxygens (including phenoxy) is 2. The van der Waals surface area contributed by atoms with E-state index in [1.54, 1.807) is 12.1 Å². The van der Waals surface area contributed by atoms with Gasteiger partial charge in [-0.3, -0.25) is 10.1 Å². The number of oxime groups is 1. The van der Waals surface area contributed by atoms with E-state index in [0.29, 0.717) is 53.7 Å². The summed E-state index contributed by atoms with van der Waals surface area (Å²) in [6.45, 7) is 2.90. The molecule has 1 aliphatic rings. The lowest BCUT2D eigenvalue weighted by Gasteiger charge is -2.10. The van der Waals surface area contributed by atoms with Crippen molar-refractivity contribution in [2.75, 3.05) is 70.5 Å². The van der Waals surface area contributed by atoms with E-state index in [1.807, 2.05) is 26.2 Å². The molecule has 1 fully saturated rings. The first-order valence-electron chi connectivity index (χ1n) is 12.9. The Morgan fingerprint density at radius 3 is 2.70 bits per heavy atom. The Morgan fingerprint density at radius 1 is 1.20 bits per heavy atom. The SMILES string of the molecule is COCCCS(=O)(=O)c1ccc(/C(=N\O[C@@H]2CCOC2)C(=O)Nc2nc3ccc(NCCN(C)C)nc3s2)cc1. The molecule has 1 amide bonds. The van der Waals surface area contributed by atoms with Crippen LogP contribution >= 0.6 is 11.3 Å². The fourth-order valence-corrected chi connectivity index (χ4v) is 5.93. The van der Waals surface area contributed by atoms with Gasteiger partial charge in [0.25, 0.3) is 5.91 Å². The smallest absolute Gasteiger partial charge is 0.280 e. The minimum atomic E-state index is -3.49. The van der Waals surface area contributed by atoms with Crippen molar-refractivity contribution in [3.8, 4) is 0 Å². The maximum Gasteiger partial charge on any atom is 0.280 e. The Hall–Kier alpha value is -3.17. The minimum Gasteiger partial charge on any atom is -0.389 e. The molecule has 3 heterocycles. The van der Waals surface area contributed by atoms with Gasteiger partial charge < -0.3 is 24.5 Å². The largest absolute Gasteiger partial charge is 0.389 e. The van der Waals surface area contributed by atoms with Crippen molar-refractivity contribution in [3.63, 3.8) is 0 Å². The summed E-state index contributed by atoms with van der Waals surface area (Å²) >= 11 is 1.24. The number of aromatic nitrogens is 2. The van der Waals surface area contributed by atoms with Crippen molar-refractivity contribution in [3.05, 3.63) is 42.0 Å². The Balaban J connectivity index is 1.52. The summed E-state index contributed by atoms with van der Waals surface area (Å²) in [6, 6.07) is 9.70. The fourth-order valence-electron chi connectivity index (χ4n) is 3.81. The maximum absolute atomic E-state index is 13.4. The van der Waals surface area contributed by atoms with Crippen LogP contribution in [0.25, 0.3) is 10.3 Å². The van der Waals surface area contributed by atoms with Crippen LogP contribution in [0.1, 0.15) is 18.4 Å². The molecule has 1 atom stereocenters. The molecule has 2 N–H and O–H groups in total. The topological polar surface area (TPSA) is 144 Å². The highest BCUT2D eigenvalue weighted by Gasteiger charge is 2.22. The van der Waals surface area contributed by atoms with Crippen molar-refractivity contribution < 1.29 is 27.5 Å². The highest BCUT2D eigenvalue weighted by atomic mass is 32.2. The molecule has 2 aromatic heterocycles. The zero-order valence-corrected chi connectivity index (χ0v) is 24.4. The zero-order valence-electron chi connectivity index (χ0n) is 22.8. The number of carbonyl (C=O) groups excluding carboxylic acids is 1. The second kappa shape index (κ2) is 13.9. The molecule has 12 nitrogen and oxygen atoms in total. The van der Waals surface area contributed by atoms with Crippen molar-refractivity contribution in [1.82, 2.24) is 14.9 Å². The van der Waals surface area contributed by atoms with Gasteiger partial charge in [-0.25, -0.2) is 18.4 Å². The summed E-state index contributed by atoms with van der Waals surface area (Å²) in [5.74, 6) is 0.144. The van der Waals surface area contributed by atoms with E-state index in [9.17, 15) is 13.2 Å². The normalized spacial score (nSPS) is 16.0. The molecule has 0 spiro atoms. The first-order valence-corrected chi connectivity index (χ1v) is 15.3. The number of likely N-dealkylation sites (N-methyl/N-ethyl adjacent to an activating group) is 1. The summed E-state index contributed by atoms with van der Waals surface area (Å²) in [5, 5.41) is 10.6. The molecule has 1 aromatic carbocycles. The van der Waals surface area contributed by atoms with E-state index >= 15 is 0 Å². The maximum atomic E-state index is 13.4. The lowest BCUT2D eigenvalue weighted by molar-refractivity contribution is -0.110. The average Bonchev–Trinajstić information content (AvgIpc) is 3.58. The molecular formula is C26H34N6O6S2. The molecule has 0 bridgehead atoms. The van der Waals surface area contributed by atoms with Gasteiger partial charge in [-0.15, -0.1) is 0 Å². The first kappa shape index (κ1) is 29.8. The summed E-state index contributed by atoms with van der Waals surface area (Å²) < 4.78 is 35.6. The summed E-state index contributed by atoms with van der Waals surface area (Å²) in [7, 11) is 2.04. The number of pyridine rings is 1. The van der Waals surface area contributed by atoms with Gasteiger partial charge in [0.15, 0.2) is 26.8 Å². The molecule has 14 heteroatoms. The van der Waals surface area contributed by atoms with E-state index in [4.69, 9.17) is 14.3 Å². The molecule has 1 aliphatic heterocycles. The fraction of sp³-hybridized carbons (Fsp3) is 0.462. The van der Waals surface area contributed by atoms with Gasteiger partial charge in [-0.2, -0.15) is 0 Å². The third-order valence-electron chi connectivity index (χ3n) is 5.99. The number of anilines is 2. The molecule has 4 rings (SSSR count). The van der Waals surface area contributed by atoms with Crippen LogP contribution in [0.4, 0.5) is 10.9 Å². The van der Waals surface area contributed by atoms with Gasteiger partial charge in [-0.05, 0) is 44.8 Å². The van der Waals surface area contributed by atoms with Gasteiger partial charge in [0.1, 0.15) is 16.2 Å². The number of nitrogens with one attached hydrogen (secondary N) is 2. The number of hydrogen-bond donors (Lipinski definition) is 2. The van der Waals surface area contributed by atoms with Crippen molar-refractivity contribution in [1.29, 1.82) is 0 Å². The van der Waals surface area contributed by atoms with Gasteiger partial charge >= 0.3 is 0 Å². The van der Waals surface area contributed by atoms with Crippen molar-refractivity contribution in [2.45, 2.75) is 23.8 Å². The third-order valence-corrected chi connectivity index (χ3v) is 8.68. The molecule has 0 radical (unpaired) electrons. The molecule has 3 aromatic rings. The van der Waals surface area contributed by atoms with E-state index in [1.165, 1.54) is 30.6 Å². The summed E-state index contributed by atoms with van der Waals surface area (Å²) in [5.41, 5.74) is 1.05. The van der Waals surface area contributed by atoms with Crippen LogP contribution in [0.15, 0.2) is 46.4 Å². The van der Waals surface area contributed by atoms with Crippen LogP contribution in [0.3, 0.4) is 0 Å². The van der Waals surface area contributed by atoms with Crippen LogP contribution < -0.4 is 10.6 Å². The highest BCUT2D eigenvalue weighted by molar-refractivity contribution is 7.91. The predicted molar refractivity (Wildman–Crippen MR) is 155 cm³/mol. The average molecular weight is 591 g/mol. The molecular weight excluding hydrogens is 556 g/mol. The Kier molecular flexibility index (Phi) is 10.4. The van der Waals surface area contributed by atoms with Gasteiger partial charge in [0, 0.05) is 38.8 Å². The second-order valence-electron chi connectivity index (χ2n) is 9.44. The predicted octanol–water partition coefficient (Wildman–Crippen LogP) is 2.62. The third kappa shape index (κ3) is 8.17. The first-order chi connectivity index (χ1) is 19.2. The van der Waals surface area contributed by atoms with Crippen LogP contribution in [0.5, 0.6) is 0 Å². The molecule has 0 saturated carbocycles. The zero-order chi connectivity index (χ0) is 28.5. The number of benzene rings is 1. The number of carbonyl (C=O) groups is 1. The number of sulfone groups is 1. The van der Waals surface area contributed by atoms with E-state index in [-0.39, 0.29) is 22.5 Å². The number of rotatable bonds is 14. The Morgan fingerprint density at radius 2 is 2.00 bits per heavy atom. The number of hydrogen-bond acceptors (Lipinski definition) is 12. The quantitative estimate of drug-likeness (QED) is 0.163. The van der Waals surface area contributed by atoms with Crippen molar-refractivity contribution >= 4 is 54.1 Å². The highest BCUT2D eigenvalue weighted by Crippen LogP contribution is 2.26. The number of methoxy groups -OCH3 is 1. The molecule has 216 valence electrons. The minimum absolute atomic E-state index is 0.00603. The number of nitrogens with zero attached hydrogens (tertiary/aromatic N) is 4. The summed E-state index contributed by atoms with van der Waals surface area (Å²) in [4.78, 5) is 30.9. The van der Waals surface area contributed by atoms with Gasteiger partial charge in [-0.1, -0.05) is 28.6 Å². The lowest BCUT2D eigenvalue weighted by atomic mass is 10.1. The standard InChI is InChI=1S/C26H34N6O6S2/c1-32(2)13-12-27-22-10-9-21-25(29-22)39-26(28-21)30-24(33)23(31-38-19-11-15-37-17-19)18-5-7-20(8-6-18)40(34,35)16-4-14-36-3/h5-10,19H,4,11-17H2,1-3H3,(H,27,29)(H,28,30,33)/b31-23+/t19-/m1/s1. The molecule has 0 aliphatic carbocycles. The van der Waals surface area contributed by atoms with Crippen molar-refractivity contribution in [2.24, 2.45) is 5.16 Å². The molecule has 40 heavy (non-hydrogen) atoms. The van der Waals surface area contributed by atoms with Gasteiger partial charge in [0.05, 0.1) is 23.9 Å². The molecule has 1 saturated heterocycles. The van der Waals surface area contributed by atoms with E-state index in [2.05, 4.69) is 30.7 Å². The Labute approximate surface area is 237 Å². The Bertz CT molecular complexity index is 1420. The molecule has 0 unspecified atom stereocenters. The number of fused-ring (bicyclic) bond motifs is 1. The van der Waals surface area contributed by atoms with Gasteiger partial charge in [0.2, 0.25) is 0 Å². The van der Waals surface area contributed by atoms with Crippen LogP contribution in [-0.4, -0.2) is 101 Å². The van der Waals surface area contributed by atoms with Crippen LogP contribution in [0.2, 0.25) is 0 Å². The lowest BCUT2D eigenvalue weighted by Crippen LogP contribution is -2.25. The monoisotopic (exact) mass is 590 g/mol. The van der Waals surface area contributed by atoms with Crippen LogP contribution in [0, 0.1) is 0 Å². The van der Waals surface area contributed by atoms with E-state index in [0.717, 1.165) is 18.9 Å². The number of amides is 1.